The van der Waals surface area contributed by atoms with Gasteiger partial charge in [0.15, 0.2) is 11.6 Å². The molecule has 0 amide bonds. The van der Waals surface area contributed by atoms with Crippen LogP contribution in [-0.2, 0) is 0 Å². The van der Waals surface area contributed by atoms with Crippen LogP contribution in [0, 0.1) is 5.92 Å². The molecule has 0 bridgehead atoms. The Morgan fingerprint density at radius 2 is 1.21 bits per heavy atom. The largest absolute Gasteiger partial charge is 0.494 e. The van der Waals surface area contributed by atoms with Crippen molar-refractivity contribution in [2.45, 2.75) is 104 Å². The molecule has 2 aromatic rings. The Labute approximate surface area is 202 Å². The van der Waals surface area contributed by atoms with Crippen molar-refractivity contribution in [3.8, 4) is 22.9 Å². The van der Waals surface area contributed by atoms with Crippen LogP contribution in [0.4, 0.5) is 0 Å². The zero-order chi connectivity index (χ0) is 23.6. The highest BCUT2D eigenvalue weighted by Gasteiger charge is 2.04. The molecule has 0 radical (unpaired) electrons. The molecule has 0 saturated heterocycles. The fourth-order valence-corrected chi connectivity index (χ4v) is 3.83. The molecule has 0 N–H and O–H groups in total. The Balaban J connectivity index is 1.60. The summed E-state index contributed by atoms with van der Waals surface area (Å²) in [6.45, 7) is 8.39. The zero-order valence-electron chi connectivity index (χ0n) is 21.4. The quantitative estimate of drug-likeness (QED) is 0.199. The van der Waals surface area contributed by atoms with E-state index in [2.05, 4.69) is 30.7 Å². The molecule has 0 fully saturated rings. The smallest absolute Gasteiger partial charge is 0.159 e. The number of rotatable bonds is 19. The Morgan fingerprint density at radius 1 is 0.667 bits per heavy atom. The maximum absolute atomic E-state index is 5.88. The highest BCUT2D eigenvalue weighted by molar-refractivity contribution is 5.56. The molecule has 4 heteroatoms. The van der Waals surface area contributed by atoms with Crippen molar-refractivity contribution in [1.82, 2.24) is 9.97 Å². The average molecular weight is 455 g/mol. The molecular weight excluding hydrogens is 408 g/mol. The van der Waals surface area contributed by atoms with E-state index in [0.29, 0.717) is 5.82 Å². The maximum Gasteiger partial charge on any atom is 0.159 e. The van der Waals surface area contributed by atoms with Crippen LogP contribution in [0.1, 0.15) is 104 Å². The molecule has 4 nitrogen and oxygen atoms in total. The summed E-state index contributed by atoms with van der Waals surface area (Å²) in [6, 6.07) is 8.06. The summed E-state index contributed by atoms with van der Waals surface area (Å²) in [7, 11) is 0. The third kappa shape index (κ3) is 12.1. The lowest BCUT2D eigenvalue weighted by molar-refractivity contribution is 0.301. The molecular formula is C29H46N2O2. The van der Waals surface area contributed by atoms with E-state index in [9.17, 15) is 0 Å². The summed E-state index contributed by atoms with van der Waals surface area (Å²) in [6.07, 6.45) is 20.2. The Kier molecular flexibility index (Phi) is 14.3. The Bertz CT molecular complexity index is 715. The third-order valence-electron chi connectivity index (χ3n) is 6.31. The number of nitrogens with zero attached hydrogens (tertiary/aromatic N) is 2. The van der Waals surface area contributed by atoms with E-state index in [4.69, 9.17) is 9.47 Å². The van der Waals surface area contributed by atoms with Gasteiger partial charge < -0.3 is 9.47 Å². The first-order valence-electron chi connectivity index (χ1n) is 13.4. The van der Waals surface area contributed by atoms with Gasteiger partial charge in [-0.1, -0.05) is 91.4 Å². The minimum absolute atomic E-state index is 0.714. The molecule has 0 spiro atoms. The second-order valence-corrected chi connectivity index (χ2v) is 9.30. The number of aromatic nitrogens is 2. The van der Waals surface area contributed by atoms with Crippen molar-refractivity contribution in [2.24, 2.45) is 5.92 Å². The molecule has 0 saturated carbocycles. The second-order valence-electron chi connectivity index (χ2n) is 9.30. The van der Waals surface area contributed by atoms with Crippen molar-refractivity contribution in [2.75, 3.05) is 13.2 Å². The molecule has 33 heavy (non-hydrogen) atoms. The van der Waals surface area contributed by atoms with Gasteiger partial charge in [0.2, 0.25) is 0 Å². The van der Waals surface area contributed by atoms with Gasteiger partial charge in [0.1, 0.15) is 5.75 Å². The molecule has 1 unspecified atom stereocenters. The topological polar surface area (TPSA) is 44.2 Å². The number of hydrogen-bond acceptors (Lipinski definition) is 4. The van der Waals surface area contributed by atoms with E-state index in [0.717, 1.165) is 49.0 Å². The maximum atomic E-state index is 5.88. The highest BCUT2D eigenvalue weighted by atomic mass is 16.5. The molecule has 2 rings (SSSR count). The van der Waals surface area contributed by atoms with E-state index in [1.165, 1.54) is 70.6 Å². The molecule has 1 aromatic carbocycles. The molecule has 1 aromatic heterocycles. The van der Waals surface area contributed by atoms with Gasteiger partial charge in [-0.25, -0.2) is 9.97 Å². The summed E-state index contributed by atoms with van der Waals surface area (Å²) >= 11 is 0. The molecule has 1 heterocycles. The minimum Gasteiger partial charge on any atom is -0.494 e. The van der Waals surface area contributed by atoms with Gasteiger partial charge in [-0.05, 0) is 43.0 Å². The first-order valence-corrected chi connectivity index (χ1v) is 13.4. The zero-order valence-corrected chi connectivity index (χ0v) is 21.4. The van der Waals surface area contributed by atoms with Crippen molar-refractivity contribution in [1.29, 1.82) is 0 Å². The molecule has 184 valence electrons. The molecule has 1 atom stereocenters. The van der Waals surface area contributed by atoms with Crippen LogP contribution in [0.5, 0.6) is 11.5 Å². The van der Waals surface area contributed by atoms with Gasteiger partial charge in [-0.3, -0.25) is 0 Å². The van der Waals surface area contributed by atoms with Gasteiger partial charge in [0.05, 0.1) is 25.6 Å². The van der Waals surface area contributed by atoms with Crippen LogP contribution < -0.4 is 9.47 Å². The fraction of sp³-hybridized carbons (Fsp3) is 0.655. The van der Waals surface area contributed by atoms with Crippen LogP contribution in [-0.4, -0.2) is 23.2 Å². The van der Waals surface area contributed by atoms with Crippen molar-refractivity contribution < 1.29 is 9.47 Å². The van der Waals surface area contributed by atoms with Gasteiger partial charge in [-0.15, -0.1) is 0 Å². The normalized spacial score (nSPS) is 12.0. The van der Waals surface area contributed by atoms with E-state index in [1.54, 1.807) is 12.4 Å². The summed E-state index contributed by atoms with van der Waals surface area (Å²) in [5.41, 5.74) is 0.992. The summed E-state index contributed by atoms with van der Waals surface area (Å²) in [5, 5.41) is 0. The van der Waals surface area contributed by atoms with Crippen LogP contribution >= 0.6 is 0 Å². The van der Waals surface area contributed by atoms with Crippen molar-refractivity contribution in [3.63, 3.8) is 0 Å². The van der Waals surface area contributed by atoms with Gasteiger partial charge in [-0.2, -0.15) is 0 Å². The molecule has 0 aliphatic carbocycles. The SMILES string of the molecule is CCCCCCCCCOc1ccc(-c2ncc(OCCCCCCC(C)CC)cn2)cc1. The van der Waals surface area contributed by atoms with E-state index >= 15 is 0 Å². The van der Waals surface area contributed by atoms with Crippen LogP contribution in [0.3, 0.4) is 0 Å². The number of unbranched alkanes of at least 4 members (excludes halogenated alkanes) is 9. The second kappa shape index (κ2) is 17.4. The van der Waals surface area contributed by atoms with Crippen LogP contribution in [0.15, 0.2) is 36.7 Å². The number of benzene rings is 1. The Hall–Kier alpha value is -2.10. The lowest BCUT2D eigenvalue weighted by atomic mass is 10.0. The standard InChI is InChI=1S/C29H46N2O2/c1-4-6-7-8-9-11-14-21-32-27-19-17-26(18-20-27)29-30-23-28(24-31-29)33-22-15-12-10-13-16-25(3)5-2/h17-20,23-25H,4-16,21-22H2,1-3H3. The van der Waals surface area contributed by atoms with E-state index < -0.39 is 0 Å². The first kappa shape index (κ1) is 27.1. The summed E-state index contributed by atoms with van der Waals surface area (Å²) < 4.78 is 11.7. The highest BCUT2D eigenvalue weighted by Crippen LogP contribution is 2.21. The van der Waals surface area contributed by atoms with Crippen LogP contribution in [0.25, 0.3) is 11.4 Å². The predicted octanol–water partition coefficient (Wildman–Crippen LogP) is 8.65. The van der Waals surface area contributed by atoms with E-state index in [-0.39, 0.29) is 0 Å². The lowest BCUT2D eigenvalue weighted by Gasteiger charge is -2.09. The minimum atomic E-state index is 0.714. The average Bonchev–Trinajstić information content (AvgIpc) is 2.85. The Morgan fingerprint density at radius 3 is 1.82 bits per heavy atom. The monoisotopic (exact) mass is 454 g/mol. The number of hydrogen-bond donors (Lipinski definition) is 0. The van der Waals surface area contributed by atoms with E-state index in [1.807, 2.05) is 24.3 Å². The predicted molar refractivity (Wildman–Crippen MR) is 139 cm³/mol. The van der Waals surface area contributed by atoms with Gasteiger partial charge >= 0.3 is 0 Å². The van der Waals surface area contributed by atoms with Crippen LogP contribution in [0.2, 0.25) is 0 Å². The molecule has 0 aliphatic heterocycles. The van der Waals surface area contributed by atoms with Crippen molar-refractivity contribution >= 4 is 0 Å². The van der Waals surface area contributed by atoms with Crippen molar-refractivity contribution in [3.05, 3.63) is 36.7 Å². The number of ether oxygens (including phenoxy) is 2. The summed E-state index contributed by atoms with van der Waals surface area (Å²) in [4.78, 5) is 8.95. The molecule has 0 aliphatic rings. The lowest BCUT2D eigenvalue weighted by Crippen LogP contribution is -2.00. The first-order chi connectivity index (χ1) is 16.2. The third-order valence-corrected chi connectivity index (χ3v) is 6.31. The van der Waals surface area contributed by atoms with Gasteiger partial charge in [0, 0.05) is 5.56 Å². The van der Waals surface area contributed by atoms with Gasteiger partial charge in [0.25, 0.3) is 0 Å². The fourth-order valence-electron chi connectivity index (χ4n) is 3.83. The summed E-state index contributed by atoms with van der Waals surface area (Å²) in [5.74, 6) is 3.23.